The van der Waals surface area contributed by atoms with Crippen molar-refractivity contribution in [1.82, 2.24) is 4.90 Å². The number of carboxylic acid groups (broad SMARTS) is 1. The Labute approximate surface area is 160 Å². The van der Waals surface area contributed by atoms with Crippen LogP contribution in [0.4, 0.5) is 13.2 Å². The highest BCUT2D eigenvalue weighted by Crippen LogP contribution is 2.39. The lowest BCUT2D eigenvalue weighted by atomic mass is 10.1. The van der Waals surface area contributed by atoms with Gasteiger partial charge in [-0.1, -0.05) is 18.3 Å². The van der Waals surface area contributed by atoms with Gasteiger partial charge in [-0.25, -0.2) is 4.79 Å². The van der Waals surface area contributed by atoms with E-state index >= 15 is 0 Å². The molecule has 0 atom stereocenters. The van der Waals surface area contributed by atoms with E-state index in [0.29, 0.717) is 11.6 Å². The number of ether oxygens (including phenoxy) is 1. The van der Waals surface area contributed by atoms with E-state index in [2.05, 4.69) is 0 Å². The molecule has 0 heterocycles. The van der Waals surface area contributed by atoms with Gasteiger partial charge in [-0.3, -0.25) is 0 Å². The summed E-state index contributed by atoms with van der Waals surface area (Å²) in [6, 6.07) is 7.72. The first-order valence-electron chi connectivity index (χ1n) is 7.97. The van der Waals surface area contributed by atoms with Crippen molar-refractivity contribution >= 4 is 23.6 Å². The SMILES string of the molecule is CN(C)CCc1ccc(Oc2ccc(C(=O)O)cc2C(F)(F)F)c(C=S)c1. The summed E-state index contributed by atoms with van der Waals surface area (Å²) >= 11 is 4.96. The highest BCUT2D eigenvalue weighted by atomic mass is 32.1. The number of thiocarbonyl (C=S) groups is 1. The van der Waals surface area contributed by atoms with Gasteiger partial charge in [0.15, 0.2) is 0 Å². The third kappa shape index (κ3) is 5.51. The second-order valence-corrected chi connectivity index (χ2v) is 6.39. The van der Waals surface area contributed by atoms with Gasteiger partial charge in [0.1, 0.15) is 11.5 Å². The summed E-state index contributed by atoms with van der Waals surface area (Å²) in [5.74, 6) is -1.75. The fourth-order valence-corrected chi connectivity index (χ4v) is 2.57. The minimum Gasteiger partial charge on any atom is -0.478 e. The standard InChI is InChI=1S/C19H18F3NO3S/c1-23(2)8-7-12-3-5-16(14(9-12)11-27)26-17-6-4-13(18(24)25)10-15(17)19(20,21)22/h3-6,9-11H,7-8H2,1-2H3,(H,24,25). The van der Waals surface area contributed by atoms with E-state index in [1.807, 2.05) is 19.0 Å². The summed E-state index contributed by atoms with van der Waals surface area (Å²) in [7, 11) is 3.88. The Morgan fingerprint density at radius 2 is 1.85 bits per heavy atom. The number of hydrogen-bond donors (Lipinski definition) is 1. The molecule has 2 aromatic carbocycles. The van der Waals surface area contributed by atoms with Crippen LogP contribution in [0.2, 0.25) is 0 Å². The van der Waals surface area contributed by atoms with E-state index < -0.39 is 29.0 Å². The average molecular weight is 397 g/mol. The molecule has 0 unspecified atom stereocenters. The first-order valence-corrected chi connectivity index (χ1v) is 8.44. The number of carboxylic acids is 1. The monoisotopic (exact) mass is 397 g/mol. The predicted octanol–water partition coefficient (Wildman–Crippen LogP) is 4.65. The van der Waals surface area contributed by atoms with Gasteiger partial charge in [-0.05, 0) is 56.4 Å². The maximum atomic E-state index is 13.3. The van der Waals surface area contributed by atoms with Gasteiger partial charge >= 0.3 is 12.1 Å². The number of benzene rings is 2. The van der Waals surface area contributed by atoms with Gasteiger partial charge < -0.3 is 14.7 Å². The number of aromatic carboxylic acids is 1. The molecule has 0 saturated heterocycles. The first kappa shape index (κ1) is 20.9. The molecule has 0 radical (unpaired) electrons. The van der Waals surface area contributed by atoms with Crippen molar-refractivity contribution in [1.29, 1.82) is 0 Å². The van der Waals surface area contributed by atoms with Crippen molar-refractivity contribution in [3.8, 4) is 11.5 Å². The smallest absolute Gasteiger partial charge is 0.420 e. The van der Waals surface area contributed by atoms with Gasteiger partial charge in [0, 0.05) is 17.5 Å². The van der Waals surface area contributed by atoms with Crippen molar-refractivity contribution in [2.24, 2.45) is 0 Å². The Balaban J connectivity index is 2.38. The zero-order chi connectivity index (χ0) is 20.2. The summed E-state index contributed by atoms with van der Waals surface area (Å²) in [6.45, 7) is 0.811. The lowest BCUT2D eigenvalue weighted by molar-refractivity contribution is -0.138. The molecule has 0 spiro atoms. The van der Waals surface area contributed by atoms with Crippen molar-refractivity contribution in [3.63, 3.8) is 0 Å². The number of hydrogen-bond acceptors (Lipinski definition) is 4. The van der Waals surface area contributed by atoms with Crippen LogP contribution >= 0.6 is 12.2 Å². The maximum Gasteiger partial charge on any atom is 0.420 e. The highest BCUT2D eigenvalue weighted by Gasteiger charge is 2.35. The number of nitrogens with zero attached hydrogens (tertiary/aromatic N) is 1. The van der Waals surface area contributed by atoms with Crippen LogP contribution in [-0.4, -0.2) is 42.0 Å². The normalized spacial score (nSPS) is 11.5. The van der Waals surface area contributed by atoms with Gasteiger partial charge in [0.25, 0.3) is 0 Å². The molecular weight excluding hydrogens is 379 g/mol. The topological polar surface area (TPSA) is 49.8 Å². The first-order chi connectivity index (χ1) is 12.6. The molecule has 27 heavy (non-hydrogen) atoms. The average Bonchev–Trinajstić information content (AvgIpc) is 2.59. The number of alkyl halides is 3. The van der Waals surface area contributed by atoms with Crippen molar-refractivity contribution < 1.29 is 27.8 Å². The van der Waals surface area contributed by atoms with E-state index in [9.17, 15) is 18.0 Å². The van der Waals surface area contributed by atoms with Crippen molar-refractivity contribution in [2.45, 2.75) is 12.6 Å². The molecule has 0 aliphatic heterocycles. The number of likely N-dealkylation sites (N-methyl/N-ethyl adjacent to an activating group) is 1. The largest absolute Gasteiger partial charge is 0.478 e. The van der Waals surface area contributed by atoms with Crippen LogP contribution in [0.1, 0.15) is 27.0 Å². The van der Waals surface area contributed by atoms with E-state index in [0.717, 1.165) is 30.7 Å². The highest BCUT2D eigenvalue weighted by molar-refractivity contribution is 7.79. The van der Waals surface area contributed by atoms with Crippen LogP contribution in [-0.2, 0) is 12.6 Å². The Hall–Kier alpha value is -2.45. The minimum absolute atomic E-state index is 0.173. The molecule has 0 aliphatic carbocycles. The molecule has 1 N–H and O–H groups in total. The zero-order valence-corrected chi connectivity index (χ0v) is 15.5. The van der Waals surface area contributed by atoms with Crippen molar-refractivity contribution in [3.05, 3.63) is 58.7 Å². The fourth-order valence-electron chi connectivity index (χ4n) is 2.38. The van der Waals surface area contributed by atoms with E-state index in [1.54, 1.807) is 18.2 Å². The molecule has 0 bridgehead atoms. The molecule has 4 nitrogen and oxygen atoms in total. The number of carbonyl (C=O) groups is 1. The van der Waals surface area contributed by atoms with Crippen molar-refractivity contribution in [2.75, 3.05) is 20.6 Å². The van der Waals surface area contributed by atoms with E-state index in [4.69, 9.17) is 22.1 Å². The lowest BCUT2D eigenvalue weighted by Gasteiger charge is -2.16. The maximum absolute atomic E-state index is 13.3. The van der Waals surface area contributed by atoms with Gasteiger partial charge in [-0.15, -0.1) is 0 Å². The summed E-state index contributed by atoms with van der Waals surface area (Å²) in [5.41, 5.74) is -0.167. The Bertz CT molecular complexity index is 851. The molecule has 2 aromatic rings. The molecule has 0 aromatic heterocycles. The fraction of sp³-hybridized carbons (Fsp3) is 0.263. The molecular formula is C19H18F3NO3S. The summed E-state index contributed by atoms with van der Waals surface area (Å²) in [4.78, 5) is 13.0. The third-order valence-electron chi connectivity index (χ3n) is 3.80. The molecule has 0 aliphatic rings. The minimum atomic E-state index is -4.76. The Morgan fingerprint density at radius 1 is 1.19 bits per heavy atom. The summed E-state index contributed by atoms with van der Waals surface area (Å²) in [6.07, 6.45) is -4.01. The molecule has 0 amide bonds. The van der Waals surface area contributed by atoms with E-state index in [-0.39, 0.29) is 5.75 Å². The number of halogens is 3. The number of rotatable bonds is 7. The Kier molecular flexibility index (Phi) is 6.56. The van der Waals surface area contributed by atoms with Gasteiger partial charge in [0.05, 0.1) is 11.1 Å². The summed E-state index contributed by atoms with van der Waals surface area (Å²) in [5, 5.41) is 10.3. The van der Waals surface area contributed by atoms with Crippen LogP contribution in [0.15, 0.2) is 36.4 Å². The molecule has 2 rings (SSSR count). The lowest BCUT2D eigenvalue weighted by Crippen LogP contribution is -2.15. The second-order valence-electron chi connectivity index (χ2n) is 6.16. The van der Waals surface area contributed by atoms with Crippen LogP contribution in [0, 0.1) is 0 Å². The van der Waals surface area contributed by atoms with Crippen LogP contribution in [0.5, 0.6) is 11.5 Å². The van der Waals surface area contributed by atoms with Gasteiger partial charge in [-0.2, -0.15) is 13.2 Å². The quantitative estimate of drug-likeness (QED) is 0.690. The molecule has 144 valence electrons. The van der Waals surface area contributed by atoms with Crippen LogP contribution in [0.25, 0.3) is 0 Å². The van der Waals surface area contributed by atoms with E-state index in [1.165, 1.54) is 5.37 Å². The van der Waals surface area contributed by atoms with Crippen LogP contribution < -0.4 is 4.74 Å². The Morgan fingerprint density at radius 3 is 2.41 bits per heavy atom. The predicted molar refractivity (Wildman–Crippen MR) is 99.9 cm³/mol. The second kappa shape index (κ2) is 8.49. The van der Waals surface area contributed by atoms with Crippen LogP contribution in [0.3, 0.4) is 0 Å². The zero-order valence-electron chi connectivity index (χ0n) is 14.7. The third-order valence-corrected chi connectivity index (χ3v) is 4.05. The molecule has 8 heteroatoms. The van der Waals surface area contributed by atoms with Gasteiger partial charge in [0.2, 0.25) is 0 Å². The summed E-state index contributed by atoms with van der Waals surface area (Å²) < 4.78 is 45.4. The molecule has 0 fully saturated rings. The molecule has 0 saturated carbocycles.